The van der Waals surface area contributed by atoms with E-state index in [0.29, 0.717) is 23.7 Å². The first kappa shape index (κ1) is 17.9. The van der Waals surface area contributed by atoms with Crippen LogP contribution in [0.4, 0.5) is 0 Å². The van der Waals surface area contributed by atoms with Crippen LogP contribution in [0.3, 0.4) is 0 Å². The fourth-order valence-electron chi connectivity index (χ4n) is 4.05. The van der Waals surface area contributed by atoms with Crippen LogP contribution in [0.1, 0.15) is 25.7 Å². The van der Waals surface area contributed by atoms with Gasteiger partial charge in [0.15, 0.2) is 11.5 Å². The van der Waals surface area contributed by atoms with Crippen molar-refractivity contribution in [2.75, 3.05) is 27.3 Å². The summed E-state index contributed by atoms with van der Waals surface area (Å²) in [5.74, 6) is 1.29. The molecule has 1 aliphatic rings. The maximum atomic E-state index is 13.2. The summed E-state index contributed by atoms with van der Waals surface area (Å²) >= 11 is 0. The first-order valence-electron chi connectivity index (χ1n) is 9.46. The number of aromatic nitrogens is 3. The Morgan fingerprint density at radius 1 is 1.00 bits per heavy atom. The summed E-state index contributed by atoms with van der Waals surface area (Å²) in [4.78, 5) is 15.5. The molecule has 7 nitrogen and oxygen atoms in total. The summed E-state index contributed by atoms with van der Waals surface area (Å²) in [6, 6.07) is 3.82. The van der Waals surface area contributed by atoms with Crippen molar-refractivity contribution < 1.29 is 9.47 Å². The van der Waals surface area contributed by atoms with E-state index in [9.17, 15) is 4.79 Å². The Labute approximate surface area is 158 Å². The van der Waals surface area contributed by atoms with Crippen molar-refractivity contribution in [1.29, 1.82) is 0 Å². The lowest BCUT2D eigenvalue weighted by atomic mass is 10.2. The van der Waals surface area contributed by atoms with Crippen LogP contribution in [0.25, 0.3) is 21.8 Å². The van der Waals surface area contributed by atoms with Gasteiger partial charge in [0.1, 0.15) is 5.52 Å². The highest BCUT2D eigenvalue weighted by Gasteiger charge is 2.18. The van der Waals surface area contributed by atoms with Crippen LogP contribution < -0.4 is 15.0 Å². The van der Waals surface area contributed by atoms with Crippen molar-refractivity contribution in [1.82, 2.24) is 19.2 Å². The van der Waals surface area contributed by atoms with Gasteiger partial charge in [-0.25, -0.2) is 4.68 Å². The van der Waals surface area contributed by atoms with Gasteiger partial charge in [-0.15, -0.1) is 0 Å². The maximum absolute atomic E-state index is 13.2. The topological polar surface area (TPSA) is 61.5 Å². The second kappa shape index (κ2) is 7.23. The highest BCUT2D eigenvalue weighted by molar-refractivity contribution is 6.08. The number of rotatable bonds is 4. The molecule has 0 saturated carbocycles. The molecule has 0 spiro atoms. The molecule has 0 unspecified atom stereocenters. The minimum absolute atomic E-state index is 0.0617. The predicted molar refractivity (Wildman–Crippen MR) is 106 cm³/mol. The van der Waals surface area contributed by atoms with Gasteiger partial charge in [-0.1, -0.05) is 12.8 Å². The van der Waals surface area contributed by atoms with Gasteiger partial charge < -0.3 is 14.0 Å². The van der Waals surface area contributed by atoms with Gasteiger partial charge in [-0.05, 0) is 32.0 Å². The molecule has 2 aromatic heterocycles. The fourth-order valence-corrected chi connectivity index (χ4v) is 4.05. The quantitative estimate of drug-likeness (QED) is 0.707. The average molecular weight is 370 g/mol. The van der Waals surface area contributed by atoms with Crippen LogP contribution >= 0.6 is 0 Å². The number of hydrogen-bond donors (Lipinski definition) is 0. The first-order valence-corrected chi connectivity index (χ1v) is 9.46. The zero-order valence-corrected chi connectivity index (χ0v) is 16.2. The van der Waals surface area contributed by atoms with Crippen molar-refractivity contribution in [2.24, 2.45) is 7.05 Å². The predicted octanol–water partition coefficient (Wildman–Crippen LogP) is 2.74. The molecule has 3 aromatic rings. The number of nitrogens with zero attached hydrogens (tertiary/aromatic N) is 4. The largest absolute Gasteiger partial charge is 0.493 e. The monoisotopic (exact) mass is 370 g/mol. The van der Waals surface area contributed by atoms with Gasteiger partial charge in [0, 0.05) is 23.9 Å². The van der Waals surface area contributed by atoms with Crippen molar-refractivity contribution in [2.45, 2.75) is 32.4 Å². The first-order chi connectivity index (χ1) is 13.1. The van der Waals surface area contributed by atoms with Crippen molar-refractivity contribution in [3.05, 3.63) is 28.7 Å². The molecule has 1 fully saturated rings. The molecule has 1 aliphatic heterocycles. The SMILES string of the molecule is COc1cc2c3cnn(CN4CCCCCC4)c(=O)c3n(C)c2cc1OC. The summed E-state index contributed by atoms with van der Waals surface area (Å²) < 4.78 is 14.4. The summed E-state index contributed by atoms with van der Waals surface area (Å²) in [6.45, 7) is 2.59. The minimum atomic E-state index is -0.0617. The highest BCUT2D eigenvalue weighted by atomic mass is 16.5. The number of likely N-dealkylation sites (tertiary alicyclic amines) is 1. The van der Waals surface area contributed by atoms with Gasteiger partial charge in [0.05, 0.1) is 32.6 Å². The van der Waals surface area contributed by atoms with Gasteiger partial charge in [0.25, 0.3) is 5.56 Å². The third kappa shape index (κ3) is 3.06. The van der Waals surface area contributed by atoms with E-state index in [1.165, 1.54) is 25.7 Å². The molecule has 0 amide bonds. The van der Waals surface area contributed by atoms with E-state index in [1.54, 1.807) is 25.1 Å². The third-order valence-corrected chi connectivity index (χ3v) is 5.54. The Morgan fingerprint density at radius 2 is 1.67 bits per heavy atom. The highest BCUT2D eigenvalue weighted by Crippen LogP contribution is 2.36. The molecule has 0 N–H and O–H groups in total. The number of hydrogen-bond acceptors (Lipinski definition) is 5. The van der Waals surface area contributed by atoms with Gasteiger partial charge >= 0.3 is 0 Å². The van der Waals surface area contributed by atoms with Crippen LogP contribution in [-0.4, -0.2) is 46.6 Å². The van der Waals surface area contributed by atoms with Crippen molar-refractivity contribution in [3.8, 4) is 11.5 Å². The van der Waals surface area contributed by atoms with Gasteiger partial charge in [0.2, 0.25) is 0 Å². The number of benzene rings is 1. The van der Waals surface area contributed by atoms with E-state index in [-0.39, 0.29) is 5.56 Å². The Balaban J connectivity index is 1.83. The molecule has 0 bridgehead atoms. The molecule has 3 heterocycles. The van der Waals surface area contributed by atoms with E-state index in [4.69, 9.17) is 9.47 Å². The Hall–Kier alpha value is -2.54. The average Bonchev–Trinajstić information content (AvgIpc) is 2.83. The Kier molecular flexibility index (Phi) is 4.78. The standard InChI is InChI=1S/C20H26N4O3/c1-22-16-11-18(27-3)17(26-2)10-14(16)15-12-21-24(20(25)19(15)22)13-23-8-6-4-5-7-9-23/h10-12H,4-9,13H2,1-3H3. The molecule has 27 heavy (non-hydrogen) atoms. The molecule has 1 aromatic carbocycles. The molecule has 0 radical (unpaired) electrons. The molecule has 7 heteroatoms. The van der Waals surface area contributed by atoms with Gasteiger partial charge in [-0.3, -0.25) is 9.69 Å². The zero-order chi connectivity index (χ0) is 19.0. The molecular formula is C20H26N4O3. The third-order valence-electron chi connectivity index (χ3n) is 5.54. The van der Waals surface area contributed by atoms with Crippen LogP contribution in [0.2, 0.25) is 0 Å². The van der Waals surface area contributed by atoms with E-state index in [2.05, 4.69) is 10.00 Å². The van der Waals surface area contributed by atoms with Crippen molar-refractivity contribution in [3.63, 3.8) is 0 Å². The Morgan fingerprint density at radius 3 is 2.33 bits per heavy atom. The van der Waals surface area contributed by atoms with E-state index in [0.717, 1.165) is 29.4 Å². The second-order valence-electron chi connectivity index (χ2n) is 7.17. The summed E-state index contributed by atoms with van der Waals surface area (Å²) in [7, 11) is 5.14. The molecule has 4 rings (SSSR count). The normalized spacial score (nSPS) is 16.0. The van der Waals surface area contributed by atoms with Crippen LogP contribution in [0.5, 0.6) is 11.5 Å². The number of methoxy groups -OCH3 is 2. The lowest BCUT2D eigenvalue weighted by Crippen LogP contribution is -2.34. The Bertz CT molecular complexity index is 1030. The molecule has 0 atom stereocenters. The lowest BCUT2D eigenvalue weighted by molar-refractivity contribution is 0.210. The number of fused-ring (bicyclic) bond motifs is 3. The van der Waals surface area contributed by atoms with Gasteiger partial charge in [-0.2, -0.15) is 5.10 Å². The lowest BCUT2D eigenvalue weighted by Gasteiger charge is -2.20. The molecule has 144 valence electrons. The summed E-state index contributed by atoms with van der Waals surface area (Å²) in [6.07, 6.45) is 6.70. The van der Waals surface area contributed by atoms with Crippen LogP contribution in [0, 0.1) is 0 Å². The zero-order valence-electron chi connectivity index (χ0n) is 16.2. The fraction of sp³-hybridized carbons (Fsp3) is 0.500. The number of ether oxygens (including phenoxy) is 2. The summed E-state index contributed by atoms with van der Waals surface area (Å²) in [5, 5.41) is 6.25. The molecule has 1 saturated heterocycles. The molecular weight excluding hydrogens is 344 g/mol. The smallest absolute Gasteiger partial charge is 0.292 e. The van der Waals surface area contributed by atoms with Crippen molar-refractivity contribution >= 4 is 21.8 Å². The van der Waals surface area contributed by atoms with E-state index in [1.807, 2.05) is 23.7 Å². The second-order valence-corrected chi connectivity index (χ2v) is 7.17. The minimum Gasteiger partial charge on any atom is -0.493 e. The number of aryl methyl sites for hydroxylation is 1. The summed E-state index contributed by atoms with van der Waals surface area (Å²) in [5.41, 5.74) is 1.52. The van der Waals surface area contributed by atoms with Crippen LogP contribution in [-0.2, 0) is 13.7 Å². The van der Waals surface area contributed by atoms with E-state index < -0.39 is 0 Å². The maximum Gasteiger partial charge on any atom is 0.292 e. The molecule has 0 aliphatic carbocycles. The van der Waals surface area contributed by atoms with E-state index >= 15 is 0 Å². The van der Waals surface area contributed by atoms with Crippen LogP contribution in [0.15, 0.2) is 23.1 Å².